The minimum absolute atomic E-state index is 0.0394. The van der Waals surface area contributed by atoms with E-state index in [0.29, 0.717) is 22.0 Å². The molecule has 5 nitrogen and oxygen atoms in total. The third-order valence-corrected chi connectivity index (χ3v) is 5.28. The maximum atomic E-state index is 12.7. The van der Waals surface area contributed by atoms with Crippen LogP contribution in [0.5, 0.6) is 5.75 Å². The molecule has 1 N–H and O–H groups in total. The summed E-state index contributed by atoms with van der Waals surface area (Å²) in [5.41, 5.74) is 1.93. The number of halogens is 1. The van der Waals surface area contributed by atoms with Gasteiger partial charge in [0.1, 0.15) is 5.75 Å². The number of hydrogen-bond donors (Lipinski definition) is 1. The van der Waals surface area contributed by atoms with Crippen LogP contribution in [0.3, 0.4) is 0 Å². The molecule has 2 aromatic carbocycles. The number of nitrogens with zero attached hydrogens (tertiary/aromatic N) is 1. The molecule has 0 saturated carbocycles. The number of rotatable bonds is 5. The number of carbonyl (C=O) groups excluding carboxylic acids is 2. The van der Waals surface area contributed by atoms with Crippen LogP contribution in [0.2, 0.25) is 5.02 Å². The van der Waals surface area contributed by atoms with Crippen LogP contribution in [0, 0.1) is 6.92 Å². The van der Waals surface area contributed by atoms with Gasteiger partial charge >= 0.3 is 0 Å². The molecule has 3 rings (SSSR count). The topological polar surface area (TPSA) is 58.6 Å². The van der Waals surface area contributed by atoms with Crippen molar-refractivity contribution in [3.8, 4) is 5.75 Å². The maximum absolute atomic E-state index is 12.7. The summed E-state index contributed by atoms with van der Waals surface area (Å²) >= 11 is 6.13. The lowest BCUT2D eigenvalue weighted by Crippen LogP contribution is -2.35. The van der Waals surface area contributed by atoms with E-state index in [2.05, 4.69) is 5.32 Å². The van der Waals surface area contributed by atoms with Gasteiger partial charge in [-0.25, -0.2) is 0 Å². The Bertz CT molecular complexity index is 845. The summed E-state index contributed by atoms with van der Waals surface area (Å²) in [5.74, 6) is 0.0431. The number of likely N-dealkylation sites (tertiary alicyclic amines) is 1. The molecular formula is C22H25ClN2O3. The van der Waals surface area contributed by atoms with Crippen LogP contribution in [0.15, 0.2) is 42.5 Å². The van der Waals surface area contributed by atoms with Crippen molar-refractivity contribution in [2.75, 3.05) is 25.0 Å². The molecule has 0 aromatic heterocycles. The number of ether oxygens (including phenoxy) is 1. The molecule has 1 fully saturated rings. The summed E-state index contributed by atoms with van der Waals surface area (Å²) in [5, 5.41) is 3.42. The lowest BCUT2D eigenvalue weighted by molar-refractivity contribution is -0.133. The van der Waals surface area contributed by atoms with Crippen molar-refractivity contribution in [2.45, 2.75) is 32.6 Å². The zero-order valence-electron chi connectivity index (χ0n) is 16.0. The molecule has 0 radical (unpaired) electrons. The van der Waals surface area contributed by atoms with Gasteiger partial charge < -0.3 is 15.0 Å². The maximum Gasteiger partial charge on any atom is 0.260 e. The van der Waals surface area contributed by atoms with Crippen LogP contribution in [-0.2, 0) is 4.79 Å². The van der Waals surface area contributed by atoms with Crippen LogP contribution in [0.1, 0.15) is 41.6 Å². The Morgan fingerprint density at radius 2 is 1.79 bits per heavy atom. The van der Waals surface area contributed by atoms with Crippen molar-refractivity contribution in [2.24, 2.45) is 0 Å². The average molecular weight is 401 g/mol. The number of aryl methyl sites for hydroxylation is 1. The summed E-state index contributed by atoms with van der Waals surface area (Å²) in [6.45, 7) is 3.38. The van der Waals surface area contributed by atoms with E-state index < -0.39 is 0 Å². The first-order valence-corrected chi connectivity index (χ1v) is 9.99. The average Bonchev–Trinajstić information content (AvgIpc) is 2.99. The first-order chi connectivity index (χ1) is 13.5. The summed E-state index contributed by atoms with van der Waals surface area (Å²) < 4.78 is 5.72. The molecule has 0 aliphatic carbocycles. The zero-order chi connectivity index (χ0) is 19.9. The van der Waals surface area contributed by atoms with Crippen molar-refractivity contribution in [3.05, 3.63) is 58.6 Å². The lowest BCUT2D eigenvalue weighted by Gasteiger charge is -2.20. The third-order valence-electron chi connectivity index (χ3n) is 4.87. The van der Waals surface area contributed by atoms with Gasteiger partial charge in [0, 0.05) is 23.8 Å². The molecule has 0 unspecified atom stereocenters. The van der Waals surface area contributed by atoms with Gasteiger partial charge in [0.15, 0.2) is 6.61 Å². The monoisotopic (exact) mass is 400 g/mol. The van der Waals surface area contributed by atoms with Crippen molar-refractivity contribution < 1.29 is 14.3 Å². The zero-order valence-corrected chi connectivity index (χ0v) is 16.8. The van der Waals surface area contributed by atoms with E-state index in [4.69, 9.17) is 16.3 Å². The van der Waals surface area contributed by atoms with Crippen molar-refractivity contribution in [1.29, 1.82) is 0 Å². The summed E-state index contributed by atoms with van der Waals surface area (Å²) in [7, 11) is 0. The van der Waals surface area contributed by atoms with Crippen LogP contribution < -0.4 is 10.1 Å². The Hall–Kier alpha value is -2.53. The fourth-order valence-electron chi connectivity index (χ4n) is 3.20. The highest BCUT2D eigenvalue weighted by atomic mass is 35.5. The van der Waals surface area contributed by atoms with Gasteiger partial charge in [0.2, 0.25) is 0 Å². The van der Waals surface area contributed by atoms with Crippen molar-refractivity contribution in [1.82, 2.24) is 4.90 Å². The molecule has 6 heteroatoms. The van der Waals surface area contributed by atoms with E-state index in [1.54, 1.807) is 36.4 Å². The molecule has 1 saturated heterocycles. The number of carbonyl (C=O) groups is 2. The Morgan fingerprint density at radius 3 is 2.50 bits per heavy atom. The third kappa shape index (κ3) is 5.26. The fraction of sp³-hybridized carbons (Fsp3) is 0.364. The minimum Gasteiger partial charge on any atom is -0.483 e. The standard InChI is InChI=1S/C22H25ClN2O3/c1-16-10-11-17(14-19(16)23)24-22(27)18-8-4-5-9-20(18)28-15-21(26)25-12-6-2-3-7-13-25/h4-5,8-11,14H,2-3,6-7,12-13,15H2,1H3,(H,24,27). The normalized spacial score (nSPS) is 14.3. The molecule has 0 bridgehead atoms. The Labute approximate surface area is 170 Å². The second kappa shape index (κ2) is 9.60. The highest BCUT2D eigenvalue weighted by molar-refractivity contribution is 6.31. The SMILES string of the molecule is Cc1ccc(NC(=O)c2ccccc2OCC(=O)N2CCCCCC2)cc1Cl. The first kappa shape index (κ1) is 20.2. The summed E-state index contributed by atoms with van der Waals surface area (Å²) in [6, 6.07) is 12.3. The molecule has 0 spiro atoms. The highest BCUT2D eigenvalue weighted by Gasteiger charge is 2.18. The first-order valence-electron chi connectivity index (χ1n) is 9.62. The number of hydrogen-bond acceptors (Lipinski definition) is 3. The smallest absolute Gasteiger partial charge is 0.260 e. The number of benzene rings is 2. The number of anilines is 1. The van der Waals surface area contributed by atoms with Crippen LogP contribution in [0.25, 0.3) is 0 Å². The molecule has 2 amide bonds. The van der Waals surface area contributed by atoms with Gasteiger partial charge in [-0.05, 0) is 49.6 Å². The summed E-state index contributed by atoms with van der Waals surface area (Å²) in [6.07, 6.45) is 4.39. The second-order valence-electron chi connectivity index (χ2n) is 7.00. The van der Waals surface area contributed by atoms with E-state index >= 15 is 0 Å². The van der Waals surface area contributed by atoms with Crippen molar-refractivity contribution in [3.63, 3.8) is 0 Å². The van der Waals surface area contributed by atoms with E-state index in [9.17, 15) is 9.59 Å². The number of para-hydroxylation sites is 1. The van der Waals surface area contributed by atoms with Gasteiger partial charge in [-0.3, -0.25) is 9.59 Å². The van der Waals surface area contributed by atoms with Gasteiger partial charge in [-0.2, -0.15) is 0 Å². The number of nitrogens with one attached hydrogen (secondary N) is 1. The van der Waals surface area contributed by atoms with Crippen molar-refractivity contribution >= 4 is 29.1 Å². The molecule has 0 atom stereocenters. The predicted octanol–water partition coefficient (Wildman–Crippen LogP) is 4.68. The van der Waals surface area contributed by atoms with Crippen LogP contribution in [-0.4, -0.2) is 36.4 Å². The molecule has 1 aliphatic heterocycles. The molecule has 2 aromatic rings. The highest BCUT2D eigenvalue weighted by Crippen LogP contribution is 2.23. The van der Waals surface area contributed by atoms with E-state index in [1.807, 2.05) is 17.9 Å². The van der Waals surface area contributed by atoms with E-state index in [0.717, 1.165) is 44.3 Å². The number of amides is 2. The minimum atomic E-state index is -0.308. The largest absolute Gasteiger partial charge is 0.483 e. The van der Waals surface area contributed by atoms with E-state index in [1.165, 1.54) is 0 Å². The molecule has 1 aliphatic rings. The van der Waals surface area contributed by atoms with Gasteiger partial charge in [0.05, 0.1) is 5.56 Å². The van der Waals surface area contributed by atoms with E-state index in [-0.39, 0.29) is 18.4 Å². The van der Waals surface area contributed by atoms with Gasteiger partial charge in [-0.15, -0.1) is 0 Å². The Balaban J connectivity index is 1.65. The molecular weight excluding hydrogens is 376 g/mol. The van der Waals surface area contributed by atoms with Gasteiger partial charge in [0.25, 0.3) is 11.8 Å². The quantitative estimate of drug-likeness (QED) is 0.792. The second-order valence-corrected chi connectivity index (χ2v) is 7.41. The molecule has 28 heavy (non-hydrogen) atoms. The Kier molecular flexibility index (Phi) is 6.93. The van der Waals surface area contributed by atoms with Crippen LogP contribution in [0.4, 0.5) is 5.69 Å². The fourth-order valence-corrected chi connectivity index (χ4v) is 3.38. The summed E-state index contributed by atoms with van der Waals surface area (Å²) in [4.78, 5) is 27.0. The lowest BCUT2D eigenvalue weighted by atomic mass is 10.1. The predicted molar refractivity (Wildman–Crippen MR) is 111 cm³/mol. The van der Waals surface area contributed by atoms with Gasteiger partial charge in [-0.1, -0.05) is 42.6 Å². The van der Waals surface area contributed by atoms with Crippen LogP contribution >= 0.6 is 11.6 Å². The molecule has 148 valence electrons. The molecule has 1 heterocycles. The Morgan fingerprint density at radius 1 is 1.07 bits per heavy atom.